The van der Waals surface area contributed by atoms with Crippen molar-refractivity contribution >= 4 is 53.4 Å². The minimum atomic E-state index is -1.03. The first-order chi connectivity index (χ1) is 26.4. The summed E-state index contributed by atoms with van der Waals surface area (Å²) in [4.78, 5) is 103. The van der Waals surface area contributed by atoms with Crippen LogP contribution in [-0.4, -0.2) is 119 Å². The van der Waals surface area contributed by atoms with E-state index in [-0.39, 0.29) is 56.2 Å². The van der Waals surface area contributed by atoms with Crippen LogP contribution in [0.3, 0.4) is 0 Å². The molecule has 2 heterocycles. The predicted molar refractivity (Wildman–Crippen MR) is 204 cm³/mol. The number of carbonyl (C=O) groups excluding carboxylic acids is 8. The summed E-state index contributed by atoms with van der Waals surface area (Å²) in [5.74, 6) is -2.46. The molecule has 0 bridgehead atoms. The smallest absolute Gasteiger partial charge is 0.410 e. The number of nitrogens with zero attached hydrogens (tertiary/aromatic N) is 3. The van der Waals surface area contributed by atoms with Gasteiger partial charge >= 0.3 is 18.2 Å². The third kappa shape index (κ3) is 15.2. The van der Waals surface area contributed by atoms with Crippen LogP contribution >= 0.6 is 0 Å². The molecule has 0 aromatic heterocycles. The number of rotatable bonds is 18. The van der Waals surface area contributed by atoms with E-state index in [4.69, 9.17) is 15.2 Å². The lowest BCUT2D eigenvalue weighted by Gasteiger charge is -2.35. The number of nitrogens with one attached hydrogen (secondary N) is 4. The number of urea groups is 1. The van der Waals surface area contributed by atoms with Crippen LogP contribution in [-0.2, 0) is 40.1 Å². The van der Waals surface area contributed by atoms with Gasteiger partial charge in [-0.05, 0) is 70.1 Å². The molecule has 1 fully saturated rings. The zero-order valence-electron chi connectivity index (χ0n) is 32.9. The molecule has 2 aliphatic rings. The van der Waals surface area contributed by atoms with Crippen molar-refractivity contribution in [1.29, 1.82) is 0 Å². The number of hydrogen-bond donors (Lipinski definition) is 5. The monoisotopic (exact) mass is 784 g/mol. The summed E-state index contributed by atoms with van der Waals surface area (Å²) in [7, 11) is 0. The maximum atomic E-state index is 13.5. The highest BCUT2D eigenvalue weighted by Gasteiger charge is 2.30. The van der Waals surface area contributed by atoms with Crippen LogP contribution in [0.2, 0.25) is 0 Å². The van der Waals surface area contributed by atoms with Gasteiger partial charge in [-0.15, -0.1) is 0 Å². The molecule has 6 N–H and O–H groups in total. The number of primary amides is 1. The van der Waals surface area contributed by atoms with Crippen molar-refractivity contribution in [2.75, 3.05) is 44.6 Å². The third-order valence-electron chi connectivity index (χ3n) is 8.83. The van der Waals surface area contributed by atoms with E-state index in [1.165, 1.54) is 17.1 Å². The predicted octanol–water partition coefficient (Wildman–Crippen LogP) is 2.37. The van der Waals surface area contributed by atoms with E-state index >= 15 is 0 Å². The maximum Gasteiger partial charge on any atom is 0.410 e. The van der Waals surface area contributed by atoms with E-state index in [0.29, 0.717) is 63.1 Å². The highest BCUT2D eigenvalue weighted by molar-refractivity contribution is 6.12. The van der Waals surface area contributed by atoms with E-state index in [1.807, 2.05) is 0 Å². The molecule has 9 amide bonds. The summed E-state index contributed by atoms with van der Waals surface area (Å²) < 4.78 is 10.9. The Labute approximate surface area is 327 Å². The Morgan fingerprint density at radius 2 is 1.41 bits per heavy atom. The Hall–Kier alpha value is -5.68. The fourth-order valence-electron chi connectivity index (χ4n) is 5.76. The van der Waals surface area contributed by atoms with Crippen molar-refractivity contribution in [1.82, 2.24) is 30.7 Å². The number of amides is 9. The highest BCUT2D eigenvalue weighted by Crippen LogP contribution is 2.16. The molecule has 0 spiro atoms. The van der Waals surface area contributed by atoms with Gasteiger partial charge in [0.1, 0.15) is 24.3 Å². The minimum absolute atomic E-state index is 0.0223. The lowest BCUT2D eigenvalue weighted by molar-refractivity contribution is -0.137. The number of ether oxygens (including phenoxy) is 2. The topological polar surface area (TPSA) is 239 Å². The molecule has 2 aliphatic heterocycles. The van der Waals surface area contributed by atoms with Crippen LogP contribution < -0.4 is 27.0 Å². The number of anilines is 1. The molecule has 2 atom stereocenters. The number of carbonyl (C=O) groups is 8. The molecule has 308 valence electrons. The second-order valence-electron chi connectivity index (χ2n) is 15.0. The first-order valence-electron chi connectivity index (χ1n) is 18.9. The first-order valence-corrected chi connectivity index (χ1v) is 18.9. The average Bonchev–Trinajstić information content (AvgIpc) is 3.45. The van der Waals surface area contributed by atoms with Crippen LogP contribution in [0, 0.1) is 5.92 Å². The zero-order valence-corrected chi connectivity index (χ0v) is 32.9. The van der Waals surface area contributed by atoms with Gasteiger partial charge in [0, 0.05) is 63.5 Å². The van der Waals surface area contributed by atoms with Crippen LogP contribution in [0.1, 0.15) is 78.7 Å². The molecular weight excluding hydrogens is 728 g/mol. The second-order valence-corrected chi connectivity index (χ2v) is 15.0. The standard InChI is InChI=1S/C38H56N8O10/c1-25(2)32(43-29(47)11-7-6-8-19-46-30(48)16-17-31(46)49)34(51)42-28(10-9-18-40-35(39)52)33(50)41-27-14-12-26(13-15-27)24-55-36(53)44-20-22-45(23-21-44)37(54)56-38(3,4)5/h12-17,25,28,32H,6-11,18-24H2,1-5H3,(H,41,50)(H,42,51)(H,43,47)(H3,39,40,52)/t28-,32-/m0/s1. The minimum Gasteiger partial charge on any atom is -0.445 e. The molecule has 3 rings (SSSR count). The summed E-state index contributed by atoms with van der Waals surface area (Å²) in [6.07, 6.45) is 3.70. The number of benzene rings is 1. The summed E-state index contributed by atoms with van der Waals surface area (Å²) >= 11 is 0. The molecule has 56 heavy (non-hydrogen) atoms. The summed E-state index contributed by atoms with van der Waals surface area (Å²) in [5, 5.41) is 10.7. The molecule has 0 aliphatic carbocycles. The number of imide groups is 1. The van der Waals surface area contributed by atoms with Gasteiger partial charge in [0.2, 0.25) is 17.7 Å². The Bertz CT molecular complexity index is 1580. The van der Waals surface area contributed by atoms with Gasteiger partial charge in [0.25, 0.3) is 11.8 Å². The zero-order chi connectivity index (χ0) is 41.4. The fourth-order valence-corrected chi connectivity index (χ4v) is 5.76. The normalized spacial score (nSPS) is 15.3. The summed E-state index contributed by atoms with van der Waals surface area (Å²) in [5.41, 5.74) is 5.63. The van der Waals surface area contributed by atoms with Gasteiger partial charge in [-0.2, -0.15) is 0 Å². The van der Waals surface area contributed by atoms with Gasteiger partial charge in [0.15, 0.2) is 0 Å². The van der Waals surface area contributed by atoms with Crippen molar-refractivity contribution in [3.8, 4) is 0 Å². The van der Waals surface area contributed by atoms with Gasteiger partial charge < -0.3 is 46.3 Å². The summed E-state index contributed by atoms with van der Waals surface area (Å²) in [6.45, 7) is 10.6. The fraction of sp³-hybridized carbons (Fsp3) is 0.579. The first kappa shape index (κ1) is 44.7. The van der Waals surface area contributed by atoms with Crippen molar-refractivity contribution in [3.63, 3.8) is 0 Å². The summed E-state index contributed by atoms with van der Waals surface area (Å²) in [6, 6.07) is 3.92. The third-order valence-corrected chi connectivity index (χ3v) is 8.83. The van der Waals surface area contributed by atoms with Crippen molar-refractivity contribution < 1.29 is 47.8 Å². The Balaban J connectivity index is 1.50. The van der Waals surface area contributed by atoms with Crippen molar-refractivity contribution in [3.05, 3.63) is 42.0 Å². The average molecular weight is 785 g/mol. The Morgan fingerprint density at radius 1 is 0.804 bits per heavy atom. The second kappa shape index (κ2) is 21.4. The molecule has 18 heteroatoms. The molecule has 0 saturated carbocycles. The van der Waals surface area contributed by atoms with Crippen LogP contribution in [0.5, 0.6) is 0 Å². The van der Waals surface area contributed by atoms with E-state index in [2.05, 4.69) is 21.3 Å². The SMILES string of the molecule is CC(C)[C@H](NC(=O)CCCCCN1C(=O)C=CC1=O)C(=O)N[C@@H](CCCNC(N)=O)C(=O)Nc1ccc(COC(=O)N2CCN(C(=O)OC(C)(C)C)CC2)cc1. The molecule has 18 nitrogen and oxygen atoms in total. The Morgan fingerprint density at radius 3 is 1.98 bits per heavy atom. The lowest BCUT2D eigenvalue weighted by atomic mass is 10.0. The quantitative estimate of drug-likeness (QED) is 0.108. The van der Waals surface area contributed by atoms with Gasteiger partial charge in [-0.3, -0.25) is 28.9 Å². The lowest BCUT2D eigenvalue weighted by Crippen LogP contribution is -2.54. The number of unbranched alkanes of at least 4 members (excludes halogenated alkanes) is 2. The number of nitrogens with two attached hydrogens (primary N) is 1. The molecule has 0 radical (unpaired) electrons. The van der Waals surface area contributed by atoms with Crippen LogP contribution in [0.4, 0.5) is 20.1 Å². The number of piperazine rings is 1. The molecule has 1 saturated heterocycles. The van der Waals surface area contributed by atoms with E-state index < -0.39 is 47.7 Å². The largest absolute Gasteiger partial charge is 0.445 e. The molecular formula is C38H56N8O10. The van der Waals surface area contributed by atoms with Crippen molar-refractivity contribution in [2.24, 2.45) is 11.7 Å². The van der Waals surface area contributed by atoms with Gasteiger partial charge in [-0.1, -0.05) is 32.4 Å². The number of hydrogen-bond acceptors (Lipinski definition) is 10. The van der Waals surface area contributed by atoms with Crippen LogP contribution in [0.25, 0.3) is 0 Å². The molecule has 1 aromatic rings. The van der Waals surface area contributed by atoms with Crippen molar-refractivity contribution in [2.45, 2.75) is 97.4 Å². The molecule has 1 aromatic carbocycles. The highest BCUT2D eigenvalue weighted by atomic mass is 16.6. The van der Waals surface area contributed by atoms with Crippen LogP contribution in [0.15, 0.2) is 36.4 Å². The van der Waals surface area contributed by atoms with Gasteiger partial charge in [0.05, 0.1) is 0 Å². The Kier molecular flexibility index (Phi) is 17.1. The van der Waals surface area contributed by atoms with Gasteiger partial charge in [-0.25, -0.2) is 14.4 Å². The van der Waals surface area contributed by atoms with E-state index in [9.17, 15) is 38.4 Å². The molecule has 0 unspecified atom stereocenters. The maximum absolute atomic E-state index is 13.5. The van der Waals surface area contributed by atoms with E-state index in [1.54, 1.807) is 63.8 Å². The van der Waals surface area contributed by atoms with E-state index in [0.717, 1.165) is 4.90 Å².